The average Bonchev–Trinajstić information content (AvgIpc) is 3.57. The molecule has 0 saturated heterocycles. The van der Waals surface area contributed by atoms with Gasteiger partial charge < -0.3 is 19.9 Å². The summed E-state index contributed by atoms with van der Waals surface area (Å²) >= 11 is 3.29. The highest BCUT2D eigenvalue weighted by atomic mass is 32.1. The van der Waals surface area contributed by atoms with Crippen LogP contribution in [0.25, 0.3) is 20.8 Å². The molecule has 4 aromatic rings. The first-order valence-corrected chi connectivity index (χ1v) is 13.8. The largest absolute Gasteiger partial charge is 0.459 e. The Bertz CT molecular complexity index is 1350. The molecule has 6 nitrogen and oxygen atoms in total. The minimum atomic E-state index is -0.510. The number of aryl methyl sites for hydroxylation is 1. The van der Waals surface area contributed by atoms with Crippen molar-refractivity contribution < 1.29 is 19.4 Å². The molecule has 1 aliphatic rings. The van der Waals surface area contributed by atoms with Gasteiger partial charge >= 0.3 is 0 Å². The predicted molar refractivity (Wildman–Crippen MR) is 145 cm³/mol. The topological polar surface area (TPSA) is 80.7 Å². The van der Waals surface area contributed by atoms with Gasteiger partial charge in [-0.25, -0.2) is 4.98 Å². The smallest absolute Gasteiger partial charge is 0.290 e. The third-order valence-electron chi connectivity index (χ3n) is 6.04. The van der Waals surface area contributed by atoms with Gasteiger partial charge in [0.25, 0.3) is 5.91 Å². The van der Waals surface area contributed by atoms with E-state index in [4.69, 9.17) is 19.6 Å². The molecule has 2 unspecified atom stereocenters. The van der Waals surface area contributed by atoms with E-state index in [2.05, 4.69) is 35.8 Å². The highest BCUT2D eigenvalue weighted by molar-refractivity contribution is 7.21. The van der Waals surface area contributed by atoms with E-state index in [-0.39, 0.29) is 24.2 Å². The molecule has 0 fully saturated rings. The Morgan fingerprint density at radius 2 is 2.06 bits per heavy atom. The van der Waals surface area contributed by atoms with Crippen molar-refractivity contribution in [1.82, 2.24) is 4.98 Å². The minimum Gasteiger partial charge on any atom is -0.459 e. The number of benzene rings is 2. The van der Waals surface area contributed by atoms with E-state index in [1.54, 1.807) is 22.7 Å². The van der Waals surface area contributed by atoms with Crippen LogP contribution in [-0.4, -0.2) is 35.5 Å². The Kier molecular flexibility index (Phi) is 7.77. The first-order chi connectivity index (χ1) is 17.6. The lowest BCUT2D eigenvalue weighted by atomic mass is 9.95. The SMILES string of the molecule is Cc1ccc2nc(-c3ccc(NC(=O)C4=CC(c5ccsc5)CC(OCCCCO)O4)cc3)sc2c1. The summed E-state index contributed by atoms with van der Waals surface area (Å²) in [5.41, 5.74) is 5.05. The number of amides is 1. The number of carbonyl (C=O) groups is 1. The number of ether oxygens (including phenoxy) is 2. The van der Waals surface area contributed by atoms with Crippen LogP contribution in [0.4, 0.5) is 5.69 Å². The Morgan fingerprint density at radius 1 is 1.19 bits per heavy atom. The fraction of sp³-hybridized carbons (Fsp3) is 0.286. The molecule has 1 aliphatic heterocycles. The number of anilines is 1. The fourth-order valence-corrected chi connectivity index (χ4v) is 5.90. The number of aliphatic hydroxyl groups excluding tert-OH is 1. The van der Waals surface area contributed by atoms with Crippen molar-refractivity contribution in [3.63, 3.8) is 0 Å². The van der Waals surface area contributed by atoms with Crippen LogP contribution in [0.3, 0.4) is 0 Å². The van der Waals surface area contributed by atoms with E-state index < -0.39 is 6.29 Å². The van der Waals surface area contributed by atoms with Gasteiger partial charge in [0.15, 0.2) is 5.76 Å². The van der Waals surface area contributed by atoms with Gasteiger partial charge in [-0.2, -0.15) is 11.3 Å². The second kappa shape index (κ2) is 11.3. The van der Waals surface area contributed by atoms with Crippen LogP contribution in [0, 0.1) is 6.92 Å². The van der Waals surface area contributed by atoms with Gasteiger partial charge in [0.05, 0.1) is 16.8 Å². The van der Waals surface area contributed by atoms with E-state index >= 15 is 0 Å². The number of nitrogens with one attached hydrogen (secondary N) is 1. The molecule has 1 amide bonds. The molecule has 3 heterocycles. The van der Waals surface area contributed by atoms with Crippen molar-refractivity contribution in [3.05, 3.63) is 82.3 Å². The summed E-state index contributed by atoms with van der Waals surface area (Å²) in [5, 5.41) is 17.0. The highest BCUT2D eigenvalue weighted by Gasteiger charge is 2.29. The van der Waals surface area contributed by atoms with Gasteiger partial charge in [-0.1, -0.05) is 6.07 Å². The summed E-state index contributed by atoms with van der Waals surface area (Å²) < 4.78 is 13.0. The molecule has 5 rings (SSSR count). The molecule has 2 aromatic carbocycles. The number of allylic oxidation sites excluding steroid dienone is 1. The average molecular weight is 521 g/mol. The maximum Gasteiger partial charge on any atom is 0.290 e. The van der Waals surface area contributed by atoms with Crippen molar-refractivity contribution in [2.24, 2.45) is 0 Å². The number of unbranched alkanes of at least 4 members (excludes halogenated alkanes) is 1. The number of thiazole rings is 1. The number of rotatable bonds is 9. The molecule has 0 spiro atoms. The van der Waals surface area contributed by atoms with E-state index in [9.17, 15) is 4.79 Å². The molecule has 0 bridgehead atoms. The van der Waals surface area contributed by atoms with Crippen LogP contribution in [0.2, 0.25) is 0 Å². The van der Waals surface area contributed by atoms with E-state index in [0.717, 1.165) is 32.8 Å². The lowest BCUT2D eigenvalue weighted by Gasteiger charge is -2.29. The van der Waals surface area contributed by atoms with Gasteiger partial charge in [0.2, 0.25) is 6.29 Å². The van der Waals surface area contributed by atoms with Crippen LogP contribution in [0.5, 0.6) is 0 Å². The molecule has 0 saturated carbocycles. The number of aliphatic hydroxyl groups is 1. The van der Waals surface area contributed by atoms with E-state index in [1.165, 1.54) is 5.56 Å². The van der Waals surface area contributed by atoms with Crippen LogP contribution in [0.15, 0.2) is 71.1 Å². The standard InChI is InChI=1S/C28H28N2O4S2/c1-18-4-9-23-25(14-18)36-28(30-23)19-5-7-22(8-6-19)29-27(32)24-15-21(20-10-13-35-17-20)16-26(34-24)33-12-3-2-11-31/h4-10,13-15,17,21,26,31H,2-3,11-12,16H2,1H3,(H,29,32). The number of hydrogen-bond donors (Lipinski definition) is 2. The fourth-order valence-electron chi connectivity index (χ4n) is 4.11. The summed E-state index contributed by atoms with van der Waals surface area (Å²) in [6, 6.07) is 16.0. The Balaban J connectivity index is 1.28. The second-order valence-electron chi connectivity index (χ2n) is 8.80. The number of thiophene rings is 1. The normalized spacial score (nSPS) is 17.6. The molecule has 8 heteroatoms. The molecule has 0 aliphatic carbocycles. The van der Waals surface area contributed by atoms with Crippen molar-refractivity contribution in [2.45, 2.75) is 38.4 Å². The summed E-state index contributed by atoms with van der Waals surface area (Å²) in [6.07, 6.45) is 3.43. The number of carbonyl (C=O) groups excluding carboxylic acids is 1. The molecule has 2 atom stereocenters. The third kappa shape index (κ3) is 5.84. The molecular formula is C28H28N2O4S2. The van der Waals surface area contributed by atoms with Crippen LogP contribution >= 0.6 is 22.7 Å². The first kappa shape index (κ1) is 24.6. The first-order valence-electron chi connectivity index (χ1n) is 12.0. The number of aromatic nitrogens is 1. The van der Waals surface area contributed by atoms with Gasteiger partial charge in [-0.05, 0) is 90.2 Å². The Labute approximate surface area is 218 Å². The van der Waals surface area contributed by atoms with Crippen molar-refractivity contribution in [1.29, 1.82) is 0 Å². The van der Waals surface area contributed by atoms with Crippen molar-refractivity contribution >= 4 is 44.5 Å². The zero-order valence-electron chi connectivity index (χ0n) is 20.0. The zero-order valence-corrected chi connectivity index (χ0v) is 21.6. The lowest BCUT2D eigenvalue weighted by molar-refractivity contribution is -0.143. The number of hydrogen-bond acceptors (Lipinski definition) is 7. The quantitative estimate of drug-likeness (QED) is 0.247. The van der Waals surface area contributed by atoms with Crippen molar-refractivity contribution in [3.8, 4) is 10.6 Å². The van der Waals surface area contributed by atoms with Crippen LogP contribution in [0.1, 0.15) is 36.3 Å². The number of fused-ring (bicyclic) bond motifs is 1. The van der Waals surface area contributed by atoms with E-state index in [0.29, 0.717) is 25.1 Å². The summed E-state index contributed by atoms with van der Waals surface area (Å²) in [7, 11) is 0. The molecule has 0 radical (unpaired) electrons. The maximum atomic E-state index is 13.1. The zero-order chi connectivity index (χ0) is 24.9. The molecule has 2 N–H and O–H groups in total. The van der Waals surface area contributed by atoms with Gasteiger partial charge in [-0.3, -0.25) is 4.79 Å². The van der Waals surface area contributed by atoms with Gasteiger partial charge in [0.1, 0.15) is 5.01 Å². The monoisotopic (exact) mass is 520 g/mol. The van der Waals surface area contributed by atoms with Crippen molar-refractivity contribution in [2.75, 3.05) is 18.5 Å². The number of nitrogens with zero attached hydrogens (tertiary/aromatic N) is 1. The van der Waals surface area contributed by atoms with Crippen LogP contribution < -0.4 is 5.32 Å². The van der Waals surface area contributed by atoms with E-state index in [1.807, 2.05) is 41.8 Å². The molecule has 36 heavy (non-hydrogen) atoms. The third-order valence-corrected chi connectivity index (χ3v) is 7.81. The van der Waals surface area contributed by atoms with Crippen LogP contribution in [-0.2, 0) is 14.3 Å². The molecular weight excluding hydrogens is 492 g/mol. The van der Waals surface area contributed by atoms with Gasteiger partial charge in [-0.15, -0.1) is 11.3 Å². The summed E-state index contributed by atoms with van der Waals surface area (Å²) in [6.45, 7) is 2.69. The Hall–Kier alpha value is -3.04. The highest BCUT2D eigenvalue weighted by Crippen LogP contribution is 2.34. The Morgan fingerprint density at radius 3 is 2.83 bits per heavy atom. The summed E-state index contributed by atoms with van der Waals surface area (Å²) in [5.74, 6) is -0.00373. The second-order valence-corrected chi connectivity index (χ2v) is 10.6. The minimum absolute atomic E-state index is 0.0404. The van der Waals surface area contributed by atoms with Gasteiger partial charge in [0, 0.05) is 30.2 Å². The molecule has 186 valence electrons. The predicted octanol–water partition coefficient (Wildman–Crippen LogP) is 6.47. The summed E-state index contributed by atoms with van der Waals surface area (Å²) in [4.78, 5) is 17.8. The molecule has 2 aromatic heterocycles. The maximum absolute atomic E-state index is 13.1. The lowest BCUT2D eigenvalue weighted by Crippen LogP contribution is -2.29.